The third kappa shape index (κ3) is 4.71. The number of pyridine rings is 1. The molecule has 5 rings (SSSR count). The highest BCUT2D eigenvalue weighted by Crippen LogP contribution is 2.34. The number of carbonyl (C=O) groups excluding carboxylic acids is 1. The van der Waals surface area contributed by atoms with Gasteiger partial charge in [-0.25, -0.2) is 4.98 Å². The van der Waals surface area contributed by atoms with E-state index in [0.29, 0.717) is 22.2 Å². The average molecular weight is 467 g/mol. The third-order valence-electron chi connectivity index (χ3n) is 6.35. The number of hydrogen-bond donors (Lipinski definition) is 2. The largest absolute Gasteiger partial charge is 0.488 e. The van der Waals surface area contributed by atoms with Crippen LogP contribution in [-0.2, 0) is 11.0 Å². The Kier molecular flexibility index (Phi) is 5.89. The molecule has 2 heterocycles. The number of carbonyl (C=O) groups is 1. The summed E-state index contributed by atoms with van der Waals surface area (Å²) in [5.41, 5.74) is 1.31. The minimum atomic E-state index is -4.51. The first-order valence-electron chi connectivity index (χ1n) is 11.3. The summed E-state index contributed by atoms with van der Waals surface area (Å²) in [6.45, 7) is 0.233. The summed E-state index contributed by atoms with van der Waals surface area (Å²) < 4.78 is 45.7. The first-order valence-corrected chi connectivity index (χ1v) is 11.3. The van der Waals surface area contributed by atoms with Crippen LogP contribution in [0.25, 0.3) is 17.0 Å². The van der Waals surface area contributed by atoms with Gasteiger partial charge in [-0.2, -0.15) is 13.2 Å². The maximum Gasteiger partial charge on any atom is 0.433 e. The van der Waals surface area contributed by atoms with Gasteiger partial charge in [0.15, 0.2) is 0 Å². The Morgan fingerprint density at radius 2 is 1.68 bits per heavy atom. The molecule has 2 N–H and O–H groups in total. The highest BCUT2D eigenvalue weighted by Gasteiger charge is 2.34. The molecule has 1 amide bonds. The number of alkyl halides is 3. The molecule has 1 aliphatic heterocycles. The lowest BCUT2D eigenvalue weighted by molar-refractivity contribution is -0.140. The molecule has 2 aromatic carbocycles. The Morgan fingerprint density at radius 3 is 2.47 bits per heavy atom. The van der Waals surface area contributed by atoms with Crippen LogP contribution >= 0.6 is 0 Å². The molecule has 1 aromatic heterocycles. The maximum atomic E-state index is 13.3. The summed E-state index contributed by atoms with van der Waals surface area (Å²) in [4.78, 5) is 16.5. The van der Waals surface area contributed by atoms with Gasteiger partial charge in [0.05, 0.1) is 11.1 Å². The van der Waals surface area contributed by atoms with Gasteiger partial charge in [-0.05, 0) is 50.0 Å². The summed E-state index contributed by atoms with van der Waals surface area (Å²) >= 11 is 0. The molecule has 1 fully saturated rings. The highest BCUT2D eigenvalue weighted by atomic mass is 19.4. The van der Waals surface area contributed by atoms with E-state index in [1.165, 1.54) is 0 Å². The summed E-state index contributed by atoms with van der Waals surface area (Å²) in [5.74, 6) is 0.629. The Balaban J connectivity index is 1.22. The molecule has 8 heteroatoms. The van der Waals surface area contributed by atoms with Crippen molar-refractivity contribution in [3.8, 4) is 5.75 Å². The molecular weight excluding hydrogens is 443 g/mol. The number of para-hydroxylation sites is 2. The molecule has 0 bridgehead atoms. The van der Waals surface area contributed by atoms with E-state index in [1.807, 2.05) is 30.3 Å². The van der Waals surface area contributed by atoms with E-state index in [4.69, 9.17) is 4.74 Å². The molecule has 0 atom stereocenters. The van der Waals surface area contributed by atoms with E-state index in [-0.39, 0.29) is 24.6 Å². The van der Waals surface area contributed by atoms with E-state index >= 15 is 0 Å². The van der Waals surface area contributed by atoms with Crippen molar-refractivity contribution in [2.24, 2.45) is 0 Å². The maximum absolute atomic E-state index is 13.3. The molecule has 0 radical (unpaired) electrons. The Bertz CT molecular complexity index is 1250. The van der Waals surface area contributed by atoms with Crippen molar-refractivity contribution < 1.29 is 22.7 Å². The number of nitrogens with zero attached hydrogens (tertiary/aromatic N) is 1. The zero-order chi connectivity index (χ0) is 23.7. The number of anilines is 1. The second-order valence-electron chi connectivity index (χ2n) is 8.73. The van der Waals surface area contributed by atoms with Gasteiger partial charge in [0.2, 0.25) is 0 Å². The van der Waals surface area contributed by atoms with Gasteiger partial charge >= 0.3 is 6.18 Å². The van der Waals surface area contributed by atoms with Gasteiger partial charge < -0.3 is 15.4 Å². The van der Waals surface area contributed by atoms with Crippen LogP contribution < -0.4 is 15.4 Å². The van der Waals surface area contributed by atoms with Gasteiger partial charge in [-0.15, -0.1) is 0 Å². The minimum Gasteiger partial charge on any atom is -0.488 e. The van der Waals surface area contributed by atoms with E-state index < -0.39 is 11.9 Å². The van der Waals surface area contributed by atoms with E-state index in [9.17, 15) is 18.0 Å². The van der Waals surface area contributed by atoms with Crippen LogP contribution in [0.1, 0.15) is 36.9 Å². The summed E-state index contributed by atoms with van der Waals surface area (Å²) in [5, 5.41) is 7.05. The van der Waals surface area contributed by atoms with Crippen LogP contribution in [0, 0.1) is 0 Å². The predicted octanol–water partition coefficient (Wildman–Crippen LogP) is 5.57. The molecular formula is C26H24F3N3O2. The first kappa shape index (κ1) is 22.3. The minimum absolute atomic E-state index is 0.0172. The lowest BCUT2D eigenvalue weighted by atomic mass is 9.90. The van der Waals surface area contributed by atoms with Crippen LogP contribution in [0.4, 0.5) is 18.9 Å². The third-order valence-corrected chi connectivity index (χ3v) is 6.35. The standard InChI is InChI=1S/C26H24F3N3O2/c27-26(28,29)24-14-22(20-6-2-3-7-21(20)32-24)30-18-9-11-19(12-10-18)31-25(33)17-13-16-5-1-4-8-23(16)34-15-17/h1-8,13-14,18-19H,9-12,15H2,(H,30,32)(H,31,33)/t18-,19+. The molecule has 0 unspecified atom stereocenters. The molecule has 3 aromatic rings. The van der Waals surface area contributed by atoms with Crippen LogP contribution in [0.3, 0.4) is 0 Å². The summed E-state index contributed by atoms with van der Waals surface area (Å²) in [7, 11) is 0. The van der Waals surface area contributed by atoms with Gasteiger partial charge in [0.25, 0.3) is 5.91 Å². The highest BCUT2D eigenvalue weighted by molar-refractivity contribution is 5.99. The zero-order valence-corrected chi connectivity index (χ0v) is 18.4. The number of ether oxygens (including phenoxy) is 1. The van der Waals surface area contributed by atoms with Gasteiger partial charge in [0, 0.05) is 28.7 Å². The molecule has 1 aliphatic carbocycles. The van der Waals surface area contributed by atoms with Crippen LogP contribution in [0.2, 0.25) is 0 Å². The Labute approximate surface area is 195 Å². The smallest absolute Gasteiger partial charge is 0.433 e. The summed E-state index contributed by atoms with van der Waals surface area (Å²) in [6, 6.07) is 15.5. The van der Waals surface area contributed by atoms with Crippen LogP contribution in [0.5, 0.6) is 5.75 Å². The van der Waals surface area contributed by atoms with Crippen LogP contribution in [0.15, 0.2) is 60.2 Å². The predicted molar refractivity (Wildman–Crippen MR) is 124 cm³/mol. The number of fused-ring (bicyclic) bond motifs is 2. The number of aromatic nitrogens is 1. The van der Waals surface area contributed by atoms with Gasteiger partial charge in [0.1, 0.15) is 18.1 Å². The van der Waals surface area contributed by atoms with Crippen molar-refractivity contribution >= 4 is 28.6 Å². The SMILES string of the molecule is O=C(N[C@H]1CC[C@@H](Nc2cc(C(F)(F)F)nc3ccccc23)CC1)C1=Cc2ccccc2OC1. The van der Waals surface area contributed by atoms with Crippen LogP contribution in [-0.4, -0.2) is 29.6 Å². The molecule has 1 saturated carbocycles. The van der Waals surface area contributed by atoms with E-state index in [0.717, 1.165) is 43.1 Å². The fraction of sp³-hybridized carbons (Fsp3) is 0.308. The molecule has 2 aliphatic rings. The van der Waals surface area contributed by atoms with Crippen molar-refractivity contribution in [1.29, 1.82) is 0 Å². The number of nitrogens with one attached hydrogen (secondary N) is 2. The second-order valence-corrected chi connectivity index (χ2v) is 8.73. The topological polar surface area (TPSA) is 63.2 Å². The molecule has 0 saturated heterocycles. The quantitative estimate of drug-likeness (QED) is 0.527. The number of halogens is 3. The van der Waals surface area contributed by atoms with Gasteiger partial charge in [-0.1, -0.05) is 36.4 Å². The van der Waals surface area contributed by atoms with E-state index in [2.05, 4.69) is 15.6 Å². The fourth-order valence-electron chi connectivity index (χ4n) is 4.57. The van der Waals surface area contributed by atoms with E-state index in [1.54, 1.807) is 24.3 Å². The van der Waals surface area contributed by atoms with Crippen molar-refractivity contribution in [2.45, 2.75) is 43.9 Å². The Morgan fingerprint density at radius 1 is 0.971 bits per heavy atom. The molecule has 34 heavy (non-hydrogen) atoms. The molecule has 176 valence electrons. The normalized spacial score (nSPS) is 20.1. The van der Waals surface area contributed by atoms with Crippen molar-refractivity contribution in [2.75, 3.05) is 11.9 Å². The average Bonchev–Trinajstić information content (AvgIpc) is 2.84. The first-order chi connectivity index (χ1) is 16.4. The van der Waals surface area contributed by atoms with Crippen molar-refractivity contribution in [3.63, 3.8) is 0 Å². The number of rotatable bonds is 4. The van der Waals surface area contributed by atoms with Gasteiger partial charge in [-0.3, -0.25) is 4.79 Å². The Hall–Kier alpha value is -3.55. The lowest BCUT2D eigenvalue weighted by Crippen LogP contribution is -2.41. The zero-order valence-electron chi connectivity index (χ0n) is 18.4. The molecule has 0 spiro atoms. The monoisotopic (exact) mass is 467 g/mol. The number of hydrogen-bond acceptors (Lipinski definition) is 4. The lowest BCUT2D eigenvalue weighted by Gasteiger charge is -2.31. The van der Waals surface area contributed by atoms with Crippen molar-refractivity contribution in [3.05, 3.63) is 71.4 Å². The number of amides is 1. The molecule has 5 nitrogen and oxygen atoms in total. The number of benzene rings is 2. The summed E-state index contributed by atoms with van der Waals surface area (Å²) in [6.07, 6.45) is 0.295. The second kappa shape index (κ2) is 9.00. The van der Waals surface area contributed by atoms with Crippen molar-refractivity contribution in [1.82, 2.24) is 10.3 Å². The fourth-order valence-corrected chi connectivity index (χ4v) is 4.57.